The van der Waals surface area contributed by atoms with Crippen molar-refractivity contribution in [3.05, 3.63) is 113 Å². The van der Waals surface area contributed by atoms with Gasteiger partial charge in [0, 0.05) is 39.9 Å². The van der Waals surface area contributed by atoms with Crippen LogP contribution in [0.3, 0.4) is 0 Å². The number of carbonyl (C=O) groups is 3. The second-order valence-electron chi connectivity index (χ2n) is 7.89. The molecular formula is C25H16BrN3O8S. The summed E-state index contributed by atoms with van der Waals surface area (Å²) in [6.07, 6.45) is 1.48. The molecule has 192 valence electrons. The molecule has 1 saturated heterocycles. The van der Waals surface area contributed by atoms with Gasteiger partial charge in [-0.05, 0) is 65.9 Å². The van der Waals surface area contributed by atoms with E-state index in [1.165, 1.54) is 42.5 Å². The van der Waals surface area contributed by atoms with Crippen LogP contribution in [0.25, 0.3) is 6.08 Å². The molecule has 1 fully saturated rings. The molecule has 0 radical (unpaired) electrons. The normalized spacial score (nSPS) is 14.1. The molecule has 13 heteroatoms. The Morgan fingerprint density at radius 1 is 0.947 bits per heavy atom. The quantitative estimate of drug-likeness (QED) is 0.130. The SMILES string of the molecule is O=C(CN1C(=O)S/C(=C\c2cc(Br)ccc2OCc2ccc([N+](=O)[O-])cc2)C1=O)c1ccc([N+](=O)[O-])cc1. The van der Waals surface area contributed by atoms with Crippen LogP contribution in [0, 0.1) is 20.2 Å². The lowest BCUT2D eigenvalue weighted by Gasteiger charge is -2.12. The third-order valence-electron chi connectivity index (χ3n) is 5.38. The first-order chi connectivity index (χ1) is 18.1. The van der Waals surface area contributed by atoms with Crippen LogP contribution in [0.2, 0.25) is 0 Å². The lowest BCUT2D eigenvalue weighted by molar-refractivity contribution is -0.385. The van der Waals surface area contributed by atoms with E-state index in [9.17, 15) is 34.6 Å². The van der Waals surface area contributed by atoms with Gasteiger partial charge in [-0.2, -0.15) is 0 Å². The fourth-order valence-corrected chi connectivity index (χ4v) is 4.63. The third kappa shape index (κ3) is 6.12. The van der Waals surface area contributed by atoms with Gasteiger partial charge in [-0.25, -0.2) is 0 Å². The predicted molar refractivity (Wildman–Crippen MR) is 142 cm³/mol. The second kappa shape index (κ2) is 11.4. The number of carbonyl (C=O) groups excluding carboxylic acids is 3. The van der Waals surface area contributed by atoms with E-state index in [1.807, 2.05) is 0 Å². The Kier molecular flexibility index (Phi) is 7.98. The smallest absolute Gasteiger partial charge is 0.293 e. The van der Waals surface area contributed by atoms with Crippen LogP contribution in [-0.4, -0.2) is 38.2 Å². The van der Waals surface area contributed by atoms with Crippen molar-refractivity contribution in [1.82, 2.24) is 4.90 Å². The van der Waals surface area contributed by atoms with Crippen molar-refractivity contribution < 1.29 is 29.0 Å². The molecule has 1 heterocycles. The van der Waals surface area contributed by atoms with Gasteiger partial charge in [0.2, 0.25) is 0 Å². The first kappa shape index (κ1) is 26.7. The molecule has 1 aliphatic heterocycles. The number of halogens is 1. The molecule has 0 bridgehead atoms. The van der Waals surface area contributed by atoms with E-state index in [-0.39, 0.29) is 28.5 Å². The predicted octanol–water partition coefficient (Wildman–Crippen LogP) is 5.76. The number of hydrogen-bond acceptors (Lipinski definition) is 9. The molecule has 0 unspecified atom stereocenters. The Morgan fingerprint density at radius 3 is 2.16 bits per heavy atom. The Morgan fingerprint density at radius 2 is 1.55 bits per heavy atom. The summed E-state index contributed by atoms with van der Waals surface area (Å²) in [7, 11) is 0. The molecular weight excluding hydrogens is 582 g/mol. The number of ketones is 1. The first-order valence-corrected chi connectivity index (χ1v) is 12.4. The summed E-state index contributed by atoms with van der Waals surface area (Å²) >= 11 is 4.05. The molecule has 3 aromatic rings. The zero-order valence-electron chi connectivity index (χ0n) is 19.2. The Hall–Kier alpha value is -4.36. The topological polar surface area (TPSA) is 150 Å². The van der Waals surface area contributed by atoms with Crippen LogP contribution < -0.4 is 4.74 Å². The standard InChI is InChI=1S/C25H16BrN3O8S/c26-18-5-10-22(37-14-15-1-6-19(7-2-15)28(33)34)17(11-18)12-23-24(31)27(25(32)38-23)13-21(30)16-3-8-20(9-4-16)29(35)36/h1-12H,13-14H2/b23-12-. The summed E-state index contributed by atoms with van der Waals surface area (Å²) in [5.41, 5.74) is 1.09. The third-order valence-corrected chi connectivity index (χ3v) is 6.78. The minimum absolute atomic E-state index is 0.0409. The largest absolute Gasteiger partial charge is 0.488 e. The van der Waals surface area contributed by atoms with Crippen LogP contribution in [0.1, 0.15) is 21.5 Å². The molecule has 38 heavy (non-hydrogen) atoms. The van der Waals surface area contributed by atoms with Gasteiger partial charge in [-0.3, -0.25) is 39.5 Å². The average Bonchev–Trinajstić information content (AvgIpc) is 3.15. The van der Waals surface area contributed by atoms with Gasteiger partial charge < -0.3 is 4.74 Å². The van der Waals surface area contributed by atoms with Gasteiger partial charge in [0.05, 0.1) is 21.3 Å². The maximum absolute atomic E-state index is 13.0. The van der Waals surface area contributed by atoms with E-state index in [0.29, 0.717) is 33.1 Å². The highest BCUT2D eigenvalue weighted by molar-refractivity contribution is 9.10. The number of amides is 2. The maximum atomic E-state index is 13.0. The van der Waals surface area contributed by atoms with Crippen molar-refractivity contribution in [2.45, 2.75) is 6.61 Å². The Balaban J connectivity index is 1.49. The molecule has 0 aromatic heterocycles. The van der Waals surface area contributed by atoms with Crippen molar-refractivity contribution >= 4 is 62.1 Å². The van der Waals surface area contributed by atoms with E-state index < -0.39 is 33.3 Å². The highest BCUT2D eigenvalue weighted by Gasteiger charge is 2.36. The van der Waals surface area contributed by atoms with Crippen LogP contribution in [0.5, 0.6) is 5.75 Å². The number of benzene rings is 3. The molecule has 4 rings (SSSR count). The lowest BCUT2D eigenvalue weighted by Crippen LogP contribution is -2.33. The number of nitrogens with zero attached hydrogens (tertiary/aromatic N) is 3. The molecule has 0 atom stereocenters. The fraction of sp³-hybridized carbons (Fsp3) is 0.0800. The highest BCUT2D eigenvalue weighted by atomic mass is 79.9. The zero-order chi connectivity index (χ0) is 27.4. The zero-order valence-corrected chi connectivity index (χ0v) is 21.6. The van der Waals surface area contributed by atoms with Crippen molar-refractivity contribution in [3.8, 4) is 5.75 Å². The number of thioether (sulfide) groups is 1. The van der Waals surface area contributed by atoms with Crippen molar-refractivity contribution in [3.63, 3.8) is 0 Å². The summed E-state index contributed by atoms with van der Waals surface area (Å²) in [6.45, 7) is -0.409. The maximum Gasteiger partial charge on any atom is 0.293 e. The van der Waals surface area contributed by atoms with Crippen LogP contribution in [0.4, 0.5) is 16.2 Å². The first-order valence-electron chi connectivity index (χ1n) is 10.8. The monoisotopic (exact) mass is 597 g/mol. The minimum atomic E-state index is -0.656. The second-order valence-corrected chi connectivity index (χ2v) is 9.80. The fourth-order valence-electron chi connectivity index (χ4n) is 3.42. The van der Waals surface area contributed by atoms with Gasteiger partial charge in [0.25, 0.3) is 22.5 Å². The van der Waals surface area contributed by atoms with Gasteiger partial charge in [0.15, 0.2) is 5.78 Å². The highest BCUT2D eigenvalue weighted by Crippen LogP contribution is 2.35. The number of Topliss-reactive ketones (excluding diaryl/α,β-unsaturated/α-hetero) is 1. The number of nitro benzene ring substituents is 2. The minimum Gasteiger partial charge on any atom is -0.488 e. The Bertz CT molecular complexity index is 1490. The van der Waals surface area contributed by atoms with E-state index in [4.69, 9.17) is 4.74 Å². The molecule has 11 nitrogen and oxygen atoms in total. The number of nitro groups is 2. The van der Waals surface area contributed by atoms with Gasteiger partial charge >= 0.3 is 0 Å². The van der Waals surface area contributed by atoms with Gasteiger partial charge in [0.1, 0.15) is 12.4 Å². The molecule has 0 spiro atoms. The summed E-state index contributed by atoms with van der Waals surface area (Å²) in [6, 6.07) is 15.9. The van der Waals surface area contributed by atoms with Crippen molar-refractivity contribution in [1.29, 1.82) is 0 Å². The Labute approximate surface area is 227 Å². The van der Waals surface area contributed by atoms with E-state index in [1.54, 1.807) is 30.3 Å². The average molecular weight is 598 g/mol. The van der Waals surface area contributed by atoms with Crippen LogP contribution in [-0.2, 0) is 11.4 Å². The van der Waals surface area contributed by atoms with Gasteiger partial charge in [-0.1, -0.05) is 15.9 Å². The molecule has 0 N–H and O–H groups in total. The van der Waals surface area contributed by atoms with E-state index in [0.717, 1.165) is 4.90 Å². The van der Waals surface area contributed by atoms with E-state index in [2.05, 4.69) is 15.9 Å². The summed E-state index contributed by atoms with van der Waals surface area (Å²) in [4.78, 5) is 59.6. The molecule has 0 aliphatic carbocycles. The van der Waals surface area contributed by atoms with E-state index >= 15 is 0 Å². The van der Waals surface area contributed by atoms with Crippen molar-refractivity contribution in [2.75, 3.05) is 6.54 Å². The van der Waals surface area contributed by atoms with Crippen LogP contribution >= 0.6 is 27.7 Å². The molecule has 1 aliphatic rings. The summed E-state index contributed by atoms with van der Waals surface area (Å²) in [5.74, 6) is -0.796. The molecule has 0 saturated carbocycles. The number of hydrogen-bond donors (Lipinski definition) is 0. The molecule has 3 aromatic carbocycles. The summed E-state index contributed by atoms with van der Waals surface area (Å²) < 4.78 is 6.56. The number of imide groups is 1. The number of non-ortho nitro benzene ring substituents is 2. The number of rotatable bonds is 9. The summed E-state index contributed by atoms with van der Waals surface area (Å²) in [5, 5.41) is 21.0. The lowest BCUT2D eigenvalue weighted by atomic mass is 10.1. The van der Waals surface area contributed by atoms with Crippen molar-refractivity contribution in [2.24, 2.45) is 0 Å². The van der Waals surface area contributed by atoms with Crippen LogP contribution in [0.15, 0.2) is 76.1 Å². The molecule has 2 amide bonds. The number of ether oxygens (including phenoxy) is 1. The van der Waals surface area contributed by atoms with Gasteiger partial charge in [-0.15, -0.1) is 0 Å².